The summed E-state index contributed by atoms with van der Waals surface area (Å²) < 4.78 is 4.82. The van der Waals surface area contributed by atoms with Crippen LogP contribution in [-0.2, 0) is 9.53 Å². The number of anilines is 1. The molecule has 4 nitrogen and oxygen atoms in total. The second-order valence-corrected chi connectivity index (χ2v) is 3.20. The van der Waals surface area contributed by atoms with Gasteiger partial charge in [0.05, 0.1) is 6.61 Å². The van der Waals surface area contributed by atoms with Gasteiger partial charge in [-0.2, -0.15) is 0 Å². The Balaban J connectivity index is 2.72. The van der Waals surface area contributed by atoms with E-state index in [1.54, 1.807) is 24.3 Å². The molecule has 1 atom stereocenters. The van der Waals surface area contributed by atoms with Gasteiger partial charge in [0.25, 0.3) is 0 Å². The molecule has 1 aromatic carbocycles. The molecular formula is C11H15NO3. The quantitative estimate of drug-likeness (QED) is 0.578. The first-order valence-corrected chi connectivity index (χ1v) is 4.86. The molecule has 4 heteroatoms. The van der Waals surface area contributed by atoms with Gasteiger partial charge in [0.1, 0.15) is 0 Å². The Kier molecular flexibility index (Phi) is 4.12. The van der Waals surface area contributed by atoms with Crippen molar-refractivity contribution in [3.8, 4) is 0 Å². The summed E-state index contributed by atoms with van der Waals surface area (Å²) in [5.41, 5.74) is 6.40. The molecule has 0 aliphatic carbocycles. The van der Waals surface area contributed by atoms with Crippen LogP contribution in [0.1, 0.15) is 25.0 Å². The number of rotatable bonds is 4. The first-order valence-electron chi connectivity index (χ1n) is 4.86. The zero-order chi connectivity index (χ0) is 11.3. The average Bonchev–Trinajstić information content (AvgIpc) is 2.25. The number of para-hydroxylation sites is 1. The van der Waals surface area contributed by atoms with Crippen molar-refractivity contribution in [1.29, 1.82) is 0 Å². The maximum absolute atomic E-state index is 11.3. The van der Waals surface area contributed by atoms with Gasteiger partial charge in [-0.15, -0.1) is 0 Å². The maximum atomic E-state index is 11.3. The van der Waals surface area contributed by atoms with E-state index in [2.05, 4.69) is 0 Å². The second-order valence-electron chi connectivity index (χ2n) is 3.20. The van der Waals surface area contributed by atoms with E-state index in [-0.39, 0.29) is 0 Å². The van der Waals surface area contributed by atoms with Crippen molar-refractivity contribution in [2.24, 2.45) is 0 Å². The summed E-state index contributed by atoms with van der Waals surface area (Å²) in [4.78, 5) is 11.3. The molecule has 0 aromatic heterocycles. The molecule has 3 N–H and O–H groups in total. The normalized spacial score (nSPS) is 12.1. The highest BCUT2D eigenvalue weighted by Gasteiger charge is 2.20. The van der Waals surface area contributed by atoms with Crippen LogP contribution in [0.5, 0.6) is 0 Å². The van der Waals surface area contributed by atoms with Crippen LogP contribution in [0.25, 0.3) is 0 Å². The highest BCUT2D eigenvalue weighted by atomic mass is 16.5. The number of aliphatic hydroxyl groups is 1. The van der Waals surface area contributed by atoms with Crippen molar-refractivity contribution in [3.63, 3.8) is 0 Å². The molecule has 1 unspecified atom stereocenters. The van der Waals surface area contributed by atoms with E-state index in [0.717, 1.165) is 6.42 Å². The van der Waals surface area contributed by atoms with Crippen molar-refractivity contribution in [2.75, 3.05) is 12.3 Å². The minimum atomic E-state index is -1.29. The van der Waals surface area contributed by atoms with Crippen LogP contribution in [-0.4, -0.2) is 17.7 Å². The van der Waals surface area contributed by atoms with Gasteiger partial charge in [-0.25, -0.2) is 4.79 Å². The molecule has 0 fully saturated rings. The van der Waals surface area contributed by atoms with Gasteiger partial charge in [0.15, 0.2) is 6.10 Å². The molecule has 82 valence electrons. The van der Waals surface area contributed by atoms with E-state index in [9.17, 15) is 9.90 Å². The number of nitrogen functional groups attached to an aromatic ring is 1. The smallest absolute Gasteiger partial charge is 0.339 e. The molecule has 0 aliphatic rings. The lowest BCUT2D eigenvalue weighted by Gasteiger charge is -2.12. The van der Waals surface area contributed by atoms with Gasteiger partial charge in [-0.1, -0.05) is 25.1 Å². The maximum Gasteiger partial charge on any atom is 0.339 e. The van der Waals surface area contributed by atoms with Crippen molar-refractivity contribution in [2.45, 2.75) is 19.4 Å². The largest absolute Gasteiger partial charge is 0.464 e. The molecule has 1 aromatic rings. The SMILES string of the molecule is CCCOC(=O)C(O)c1ccccc1N. The molecule has 0 aliphatic heterocycles. The van der Waals surface area contributed by atoms with Crippen molar-refractivity contribution >= 4 is 11.7 Å². The summed E-state index contributed by atoms with van der Waals surface area (Å²) in [6.07, 6.45) is -0.569. The number of hydrogen-bond acceptors (Lipinski definition) is 4. The Labute approximate surface area is 88.7 Å². The minimum absolute atomic E-state index is 0.308. The third-order valence-electron chi connectivity index (χ3n) is 1.96. The van der Waals surface area contributed by atoms with Crippen LogP contribution < -0.4 is 5.73 Å². The lowest BCUT2D eigenvalue weighted by Crippen LogP contribution is -2.17. The molecule has 0 saturated heterocycles. The second kappa shape index (κ2) is 5.36. The zero-order valence-corrected chi connectivity index (χ0v) is 8.64. The molecule has 0 radical (unpaired) electrons. The molecule has 0 bridgehead atoms. The predicted octanol–water partition coefficient (Wildman–Crippen LogP) is 1.26. The Bertz CT molecular complexity index is 338. The van der Waals surface area contributed by atoms with Crippen LogP contribution in [0.3, 0.4) is 0 Å². The Hall–Kier alpha value is -1.55. The van der Waals surface area contributed by atoms with Gasteiger partial charge >= 0.3 is 5.97 Å². The zero-order valence-electron chi connectivity index (χ0n) is 8.64. The van der Waals surface area contributed by atoms with Gasteiger partial charge in [0.2, 0.25) is 0 Å². The topological polar surface area (TPSA) is 72.5 Å². The van der Waals surface area contributed by atoms with Crippen LogP contribution in [0, 0.1) is 0 Å². The minimum Gasteiger partial charge on any atom is -0.464 e. The fourth-order valence-electron chi connectivity index (χ4n) is 1.17. The van der Waals surface area contributed by atoms with E-state index in [0.29, 0.717) is 17.9 Å². The highest BCUT2D eigenvalue weighted by molar-refractivity contribution is 5.78. The fourth-order valence-corrected chi connectivity index (χ4v) is 1.17. The van der Waals surface area contributed by atoms with Gasteiger partial charge in [0, 0.05) is 11.3 Å². The monoisotopic (exact) mass is 209 g/mol. The number of hydrogen-bond donors (Lipinski definition) is 2. The molecule has 0 amide bonds. The number of aliphatic hydroxyl groups excluding tert-OH is 1. The number of benzene rings is 1. The third-order valence-corrected chi connectivity index (χ3v) is 1.96. The van der Waals surface area contributed by atoms with Gasteiger partial charge < -0.3 is 15.6 Å². The first kappa shape index (κ1) is 11.5. The predicted molar refractivity (Wildman–Crippen MR) is 57.1 cm³/mol. The Morgan fingerprint density at radius 1 is 1.53 bits per heavy atom. The Morgan fingerprint density at radius 3 is 2.80 bits per heavy atom. The molecule has 1 rings (SSSR count). The van der Waals surface area contributed by atoms with E-state index in [1.165, 1.54) is 0 Å². The lowest BCUT2D eigenvalue weighted by molar-refractivity contribution is -0.153. The summed E-state index contributed by atoms with van der Waals surface area (Å²) in [6, 6.07) is 6.68. The van der Waals surface area contributed by atoms with E-state index in [1.807, 2.05) is 6.92 Å². The number of carbonyl (C=O) groups excluding carboxylic acids is 1. The summed E-state index contributed by atoms with van der Waals surface area (Å²) in [5.74, 6) is -0.658. The van der Waals surface area contributed by atoms with Gasteiger partial charge in [-0.05, 0) is 12.5 Å². The fraction of sp³-hybridized carbons (Fsp3) is 0.364. The Morgan fingerprint density at radius 2 is 2.20 bits per heavy atom. The van der Waals surface area contributed by atoms with Crippen LogP contribution >= 0.6 is 0 Å². The number of nitrogens with two attached hydrogens (primary N) is 1. The lowest BCUT2D eigenvalue weighted by atomic mass is 10.1. The summed E-state index contributed by atoms with van der Waals surface area (Å²) >= 11 is 0. The number of ether oxygens (including phenoxy) is 1. The van der Waals surface area contributed by atoms with Gasteiger partial charge in [-0.3, -0.25) is 0 Å². The molecule has 0 heterocycles. The van der Waals surface area contributed by atoms with Crippen LogP contribution in [0.4, 0.5) is 5.69 Å². The summed E-state index contributed by atoms with van der Waals surface area (Å²) in [6.45, 7) is 2.19. The van der Waals surface area contributed by atoms with E-state index < -0.39 is 12.1 Å². The van der Waals surface area contributed by atoms with Crippen LogP contribution in [0.15, 0.2) is 24.3 Å². The third kappa shape index (κ3) is 2.95. The number of carbonyl (C=O) groups is 1. The molecule has 0 saturated carbocycles. The van der Waals surface area contributed by atoms with E-state index >= 15 is 0 Å². The standard InChI is InChI=1S/C11H15NO3/c1-2-7-15-11(14)10(13)8-5-3-4-6-9(8)12/h3-6,10,13H,2,7,12H2,1H3. The summed E-state index contributed by atoms with van der Waals surface area (Å²) in [5, 5.41) is 9.64. The average molecular weight is 209 g/mol. The van der Waals surface area contributed by atoms with Crippen molar-refractivity contribution < 1.29 is 14.6 Å². The summed E-state index contributed by atoms with van der Waals surface area (Å²) in [7, 11) is 0. The first-order chi connectivity index (χ1) is 7.16. The molecular weight excluding hydrogens is 194 g/mol. The van der Waals surface area contributed by atoms with Crippen molar-refractivity contribution in [3.05, 3.63) is 29.8 Å². The molecule has 0 spiro atoms. The van der Waals surface area contributed by atoms with Crippen molar-refractivity contribution in [1.82, 2.24) is 0 Å². The van der Waals surface area contributed by atoms with Crippen LogP contribution in [0.2, 0.25) is 0 Å². The highest BCUT2D eigenvalue weighted by Crippen LogP contribution is 2.20. The van der Waals surface area contributed by atoms with E-state index in [4.69, 9.17) is 10.5 Å². The number of esters is 1. The molecule has 15 heavy (non-hydrogen) atoms.